The summed E-state index contributed by atoms with van der Waals surface area (Å²) in [6.07, 6.45) is 0.0427. The number of rotatable bonds is 4. The SMILES string of the molecule is CCC(Oc1ccccc1)C(=O)Cl. The highest BCUT2D eigenvalue weighted by Crippen LogP contribution is 2.13. The molecule has 2 nitrogen and oxygen atoms in total. The summed E-state index contributed by atoms with van der Waals surface area (Å²) < 4.78 is 5.34. The number of carbonyl (C=O) groups is 1. The molecule has 0 N–H and O–H groups in total. The second kappa shape index (κ2) is 4.87. The average molecular weight is 199 g/mol. The monoisotopic (exact) mass is 198 g/mol. The molecule has 13 heavy (non-hydrogen) atoms. The van der Waals surface area contributed by atoms with Gasteiger partial charge < -0.3 is 4.74 Å². The molecule has 1 unspecified atom stereocenters. The summed E-state index contributed by atoms with van der Waals surface area (Å²) in [5.41, 5.74) is 0. The molecule has 0 fully saturated rings. The Morgan fingerprint density at radius 1 is 1.46 bits per heavy atom. The minimum Gasteiger partial charge on any atom is -0.481 e. The third kappa shape index (κ3) is 3.07. The molecule has 0 saturated carbocycles. The Hall–Kier alpha value is -1.02. The van der Waals surface area contributed by atoms with E-state index in [9.17, 15) is 4.79 Å². The van der Waals surface area contributed by atoms with Crippen molar-refractivity contribution >= 4 is 16.8 Å². The topological polar surface area (TPSA) is 26.3 Å². The smallest absolute Gasteiger partial charge is 0.262 e. The lowest BCUT2D eigenvalue weighted by Crippen LogP contribution is -2.22. The molecule has 0 aliphatic carbocycles. The lowest BCUT2D eigenvalue weighted by atomic mass is 10.3. The van der Waals surface area contributed by atoms with Gasteiger partial charge in [-0.25, -0.2) is 0 Å². The predicted molar refractivity (Wildman–Crippen MR) is 52.0 cm³/mol. The van der Waals surface area contributed by atoms with Crippen LogP contribution in [-0.2, 0) is 4.79 Å². The van der Waals surface area contributed by atoms with Crippen LogP contribution < -0.4 is 4.74 Å². The minimum atomic E-state index is -0.538. The summed E-state index contributed by atoms with van der Waals surface area (Å²) in [5.74, 6) is 0.670. The van der Waals surface area contributed by atoms with Crippen molar-refractivity contribution in [3.63, 3.8) is 0 Å². The van der Waals surface area contributed by atoms with Crippen molar-refractivity contribution in [3.8, 4) is 5.75 Å². The highest BCUT2D eigenvalue weighted by atomic mass is 35.5. The third-order valence-electron chi connectivity index (χ3n) is 1.65. The molecule has 0 heterocycles. The van der Waals surface area contributed by atoms with Gasteiger partial charge in [0.1, 0.15) is 5.75 Å². The summed E-state index contributed by atoms with van der Waals surface area (Å²) in [5, 5.41) is -0.452. The second-order valence-electron chi connectivity index (χ2n) is 2.63. The summed E-state index contributed by atoms with van der Waals surface area (Å²) in [4.78, 5) is 10.8. The molecule has 1 aromatic rings. The van der Waals surface area contributed by atoms with E-state index in [1.54, 1.807) is 12.1 Å². The molecule has 0 amide bonds. The standard InChI is InChI=1S/C10H11ClO2/c1-2-9(10(11)12)13-8-6-4-3-5-7-8/h3-7,9H,2H2,1H3. The molecule has 0 saturated heterocycles. The maximum Gasteiger partial charge on any atom is 0.262 e. The first-order valence-electron chi connectivity index (χ1n) is 4.15. The molecule has 70 valence electrons. The molecule has 0 spiro atoms. The summed E-state index contributed by atoms with van der Waals surface area (Å²) in [6, 6.07) is 9.17. The van der Waals surface area contributed by atoms with E-state index in [-0.39, 0.29) is 0 Å². The van der Waals surface area contributed by atoms with Gasteiger partial charge in [0, 0.05) is 0 Å². The molecule has 0 bridgehead atoms. The molecule has 1 atom stereocenters. The first-order chi connectivity index (χ1) is 6.24. The van der Waals surface area contributed by atoms with Crippen LogP contribution in [0.3, 0.4) is 0 Å². The van der Waals surface area contributed by atoms with E-state index in [1.165, 1.54) is 0 Å². The van der Waals surface area contributed by atoms with Crippen LogP contribution in [-0.4, -0.2) is 11.3 Å². The van der Waals surface area contributed by atoms with Gasteiger partial charge in [-0.3, -0.25) is 4.79 Å². The van der Waals surface area contributed by atoms with Crippen molar-refractivity contribution in [2.45, 2.75) is 19.4 Å². The third-order valence-corrected chi connectivity index (χ3v) is 1.89. The highest BCUT2D eigenvalue weighted by Gasteiger charge is 2.14. The minimum absolute atomic E-state index is 0.452. The van der Waals surface area contributed by atoms with E-state index in [4.69, 9.17) is 16.3 Å². The lowest BCUT2D eigenvalue weighted by Gasteiger charge is -2.12. The fraction of sp³-hybridized carbons (Fsp3) is 0.300. The molecule has 0 aliphatic rings. The summed E-state index contributed by atoms with van der Waals surface area (Å²) >= 11 is 5.33. The van der Waals surface area contributed by atoms with Crippen LogP contribution in [0.1, 0.15) is 13.3 Å². The Morgan fingerprint density at radius 3 is 2.54 bits per heavy atom. The Labute approximate surface area is 82.5 Å². The molecule has 0 aliphatic heterocycles. The molecule has 1 aromatic carbocycles. The zero-order valence-electron chi connectivity index (χ0n) is 7.37. The number of hydrogen-bond acceptors (Lipinski definition) is 2. The molecule has 3 heteroatoms. The lowest BCUT2D eigenvalue weighted by molar-refractivity contribution is -0.117. The van der Waals surface area contributed by atoms with Crippen LogP contribution in [0.5, 0.6) is 5.75 Å². The van der Waals surface area contributed by atoms with Gasteiger partial charge in [0.25, 0.3) is 5.24 Å². The van der Waals surface area contributed by atoms with E-state index in [1.807, 2.05) is 25.1 Å². The summed E-state index contributed by atoms with van der Waals surface area (Å²) in [6.45, 7) is 1.86. The largest absolute Gasteiger partial charge is 0.481 e. The van der Waals surface area contributed by atoms with Gasteiger partial charge in [0.2, 0.25) is 0 Å². The van der Waals surface area contributed by atoms with Gasteiger partial charge in [-0.2, -0.15) is 0 Å². The van der Waals surface area contributed by atoms with Crippen LogP contribution in [0, 0.1) is 0 Å². The van der Waals surface area contributed by atoms with Crippen molar-refractivity contribution < 1.29 is 9.53 Å². The van der Waals surface area contributed by atoms with Gasteiger partial charge in [-0.15, -0.1) is 0 Å². The fourth-order valence-corrected chi connectivity index (χ4v) is 1.15. The van der Waals surface area contributed by atoms with Gasteiger partial charge in [-0.1, -0.05) is 25.1 Å². The van der Waals surface area contributed by atoms with Crippen molar-refractivity contribution in [2.75, 3.05) is 0 Å². The van der Waals surface area contributed by atoms with Crippen LogP contribution in [0.25, 0.3) is 0 Å². The van der Waals surface area contributed by atoms with Gasteiger partial charge in [0.05, 0.1) is 0 Å². The van der Waals surface area contributed by atoms with E-state index < -0.39 is 11.3 Å². The van der Waals surface area contributed by atoms with Crippen LogP contribution >= 0.6 is 11.6 Å². The number of ether oxygens (including phenoxy) is 1. The van der Waals surface area contributed by atoms with Gasteiger partial charge in [0.15, 0.2) is 6.10 Å². The van der Waals surface area contributed by atoms with Crippen LogP contribution in [0.2, 0.25) is 0 Å². The van der Waals surface area contributed by atoms with Crippen molar-refractivity contribution in [2.24, 2.45) is 0 Å². The van der Waals surface area contributed by atoms with E-state index in [0.717, 1.165) is 0 Å². The maximum absolute atomic E-state index is 10.8. The van der Waals surface area contributed by atoms with E-state index in [0.29, 0.717) is 12.2 Å². The van der Waals surface area contributed by atoms with Crippen LogP contribution in [0.15, 0.2) is 30.3 Å². The van der Waals surface area contributed by atoms with Crippen molar-refractivity contribution in [3.05, 3.63) is 30.3 Å². The van der Waals surface area contributed by atoms with Crippen molar-refractivity contribution in [1.82, 2.24) is 0 Å². The number of hydrogen-bond donors (Lipinski definition) is 0. The van der Waals surface area contributed by atoms with Crippen molar-refractivity contribution in [1.29, 1.82) is 0 Å². The van der Waals surface area contributed by atoms with Crippen LogP contribution in [0.4, 0.5) is 0 Å². The normalized spacial score (nSPS) is 12.2. The Bertz CT molecular complexity index is 272. The van der Waals surface area contributed by atoms with Gasteiger partial charge in [-0.05, 0) is 30.2 Å². The first-order valence-corrected chi connectivity index (χ1v) is 4.53. The molecule has 0 aromatic heterocycles. The number of carbonyl (C=O) groups excluding carboxylic acids is 1. The van der Waals surface area contributed by atoms with Gasteiger partial charge >= 0.3 is 0 Å². The predicted octanol–water partition coefficient (Wildman–Crippen LogP) is 2.61. The number of para-hydroxylation sites is 1. The molecule has 1 rings (SSSR count). The molecule has 0 radical (unpaired) electrons. The average Bonchev–Trinajstić information content (AvgIpc) is 2.15. The molecular formula is C10H11ClO2. The number of halogens is 1. The van der Waals surface area contributed by atoms with E-state index in [2.05, 4.69) is 0 Å². The first kappa shape index (κ1) is 10.1. The highest BCUT2D eigenvalue weighted by molar-refractivity contribution is 6.64. The zero-order chi connectivity index (χ0) is 9.68. The molecular weight excluding hydrogens is 188 g/mol. The quantitative estimate of drug-likeness (QED) is 0.696. The van der Waals surface area contributed by atoms with E-state index >= 15 is 0 Å². The second-order valence-corrected chi connectivity index (χ2v) is 3.00. The number of benzene rings is 1. The zero-order valence-corrected chi connectivity index (χ0v) is 8.12. The summed E-state index contributed by atoms with van der Waals surface area (Å²) in [7, 11) is 0. The Kier molecular flexibility index (Phi) is 3.77. The maximum atomic E-state index is 10.8. The fourth-order valence-electron chi connectivity index (χ4n) is 0.953. The Balaban J connectivity index is 2.62. The Morgan fingerprint density at radius 2 is 2.08 bits per heavy atom.